The fourth-order valence-corrected chi connectivity index (χ4v) is 9.67. The van der Waals surface area contributed by atoms with Crippen molar-refractivity contribution in [2.45, 2.75) is 62.8 Å². The van der Waals surface area contributed by atoms with Crippen molar-refractivity contribution < 1.29 is 26.4 Å². The Labute approximate surface area is 245 Å². The van der Waals surface area contributed by atoms with Gasteiger partial charge in [0.15, 0.2) is 19.7 Å². The Hall–Kier alpha value is -4.02. The fraction of sp³-hybridized carbons (Fsp3) is 0.250. The van der Waals surface area contributed by atoms with Crippen molar-refractivity contribution in [2.24, 2.45) is 0 Å². The van der Waals surface area contributed by atoms with E-state index in [0.29, 0.717) is 22.3 Å². The maximum absolute atomic E-state index is 13.8. The highest BCUT2D eigenvalue weighted by Gasteiger charge is 2.36. The molecule has 10 heteroatoms. The molecule has 1 heterocycles. The number of nitrogens with zero attached hydrogens (tertiary/aromatic N) is 2. The number of hydrogen-bond acceptors (Lipinski definition) is 8. The monoisotopic (exact) mass is 602 g/mol. The number of fused-ring (bicyclic) bond motifs is 2. The highest BCUT2D eigenvalue weighted by molar-refractivity contribution is 7.91. The van der Waals surface area contributed by atoms with Crippen LogP contribution in [-0.2, 0) is 31.2 Å². The zero-order valence-electron chi connectivity index (χ0n) is 24.2. The predicted octanol–water partition coefficient (Wildman–Crippen LogP) is 5.05. The minimum Gasteiger partial charge on any atom is -0.287 e. The van der Waals surface area contributed by atoms with Crippen LogP contribution in [0, 0.1) is 41.5 Å². The summed E-state index contributed by atoms with van der Waals surface area (Å²) < 4.78 is 55.3. The molecule has 1 aliphatic rings. The van der Waals surface area contributed by atoms with E-state index >= 15 is 0 Å². The van der Waals surface area contributed by atoms with Crippen LogP contribution in [0.25, 0.3) is 0 Å². The second-order valence-electron chi connectivity index (χ2n) is 11.0. The first-order valence-corrected chi connectivity index (χ1v) is 16.6. The van der Waals surface area contributed by atoms with E-state index in [-0.39, 0.29) is 43.7 Å². The van der Waals surface area contributed by atoms with Gasteiger partial charge in [-0.2, -0.15) is 0 Å². The van der Waals surface area contributed by atoms with E-state index in [2.05, 4.69) is 9.97 Å². The molecule has 1 aliphatic carbocycles. The van der Waals surface area contributed by atoms with Crippen molar-refractivity contribution >= 4 is 31.2 Å². The number of hydrogen-bond donors (Lipinski definition) is 0. The predicted molar refractivity (Wildman–Crippen MR) is 158 cm³/mol. The second-order valence-corrected chi connectivity index (χ2v) is 14.8. The molecule has 0 saturated heterocycles. The van der Waals surface area contributed by atoms with Gasteiger partial charge in [0, 0.05) is 11.1 Å². The Balaban J connectivity index is 1.71. The number of benzene rings is 3. The first-order chi connectivity index (χ1) is 19.6. The average Bonchev–Trinajstić information content (AvgIpc) is 2.86. The molecule has 0 unspecified atom stereocenters. The molecule has 5 rings (SSSR count). The van der Waals surface area contributed by atoms with Gasteiger partial charge in [0.25, 0.3) is 0 Å². The van der Waals surface area contributed by atoms with Crippen molar-refractivity contribution in [3.05, 3.63) is 116 Å². The van der Waals surface area contributed by atoms with Gasteiger partial charge in [-0.3, -0.25) is 9.59 Å². The minimum atomic E-state index is -4.07. The summed E-state index contributed by atoms with van der Waals surface area (Å²) in [5, 5.41) is 0. The van der Waals surface area contributed by atoms with Crippen molar-refractivity contribution in [3.63, 3.8) is 0 Å². The van der Waals surface area contributed by atoms with Gasteiger partial charge in [-0.15, -0.1) is 0 Å². The lowest BCUT2D eigenvalue weighted by atomic mass is 9.89. The summed E-state index contributed by atoms with van der Waals surface area (Å²) in [6, 6.07) is 13.2. The van der Waals surface area contributed by atoms with Crippen LogP contribution in [0.2, 0.25) is 0 Å². The molecule has 4 aromatic rings. The minimum absolute atomic E-state index is 0.111. The molecule has 0 amide bonds. The Morgan fingerprint density at radius 2 is 0.857 bits per heavy atom. The lowest BCUT2D eigenvalue weighted by Gasteiger charge is -2.20. The fourth-order valence-electron chi connectivity index (χ4n) is 6.01. The lowest BCUT2D eigenvalue weighted by molar-refractivity contribution is 0.0971. The summed E-state index contributed by atoms with van der Waals surface area (Å²) in [6.07, 6.45) is 0. The SMILES string of the molecule is Cc1cc(C)c(S(=O)(=O)Cc2nc3c(nc2CS(=O)(=O)c2c(C)cc(C)cc2C)C(=O)c2ccccc2C3=O)c(C)c1. The van der Waals surface area contributed by atoms with Crippen LogP contribution in [0.5, 0.6) is 0 Å². The van der Waals surface area contributed by atoms with Gasteiger partial charge < -0.3 is 0 Å². The van der Waals surface area contributed by atoms with Crippen molar-refractivity contribution in [1.82, 2.24) is 9.97 Å². The van der Waals surface area contributed by atoms with E-state index in [1.54, 1.807) is 64.1 Å². The van der Waals surface area contributed by atoms with Crippen molar-refractivity contribution in [2.75, 3.05) is 0 Å². The van der Waals surface area contributed by atoms with E-state index in [0.717, 1.165) is 11.1 Å². The maximum Gasteiger partial charge on any atom is 0.214 e. The summed E-state index contributed by atoms with van der Waals surface area (Å²) in [6.45, 7) is 10.5. The molecule has 0 saturated carbocycles. The third-order valence-electron chi connectivity index (χ3n) is 7.38. The number of sulfone groups is 2. The normalized spacial score (nSPS) is 13.2. The van der Waals surface area contributed by atoms with Crippen LogP contribution in [-0.4, -0.2) is 38.4 Å². The van der Waals surface area contributed by atoms with E-state index < -0.39 is 42.7 Å². The zero-order chi connectivity index (χ0) is 30.7. The summed E-state index contributed by atoms with van der Waals surface area (Å²) in [7, 11) is -8.14. The first kappa shape index (κ1) is 29.5. The van der Waals surface area contributed by atoms with Gasteiger partial charge in [-0.25, -0.2) is 26.8 Å². The molecule has 0 bridgehead atoms. The zero-order valence-corrected chi connectivity index (χ0v) is 25.8. The number of aryl methyl sites for hydroxylation is 6. The van der Waals surface area contributed by atoms with Gasteiger partial charge in [0.2, 0.25) is 11.6 Å². The topological polar surface area (TPSA) is 128 Å². The molecule has 1 aromatic heterocycles. The molecule has 0 fully saturated rings. The molecular weight excluding hydrogens is 572 g/mol. The Bertz CT molecular complexity index is 1870. The lowest BCUT2D eigenvalue weighted by Crippen LogP contribution is -2.27. The molecule has 0 radical (unpaired) electrons. The van der Waals surface area contributed by atoms with Crippen molar-refractivity contribution in [1.29, 1.82) is 0 Å². The van der Waals surface area contributed by atoms with Gasteiger partial charge in [-0.05, 0) is 63.8 Å². The van der Waals surface area contributed by atoms with Gasteiger partial charge in [0.05, 0.1) is 32.7 Å². The van der Waals surface area contributed by atoms with E-state index in [9.17, 15) is 26.4 Å². The Morgan fingerprint density at radius 1 is 0.548 bits per heavy atom. The molecule has 216 valence electrons. The summed E-state index contributed by atoms with van der Waals surface area (Å²) in [5.41, 5.74) is 3.29. The van der Waals surface area contributed by atoms with Crippen molar-refractivity contribution in [3.8, 4) is 0 Å². The quantitative estimate of drug-likeness (QED) is 0.264. The van der Waals surface area contributed by atoms with Crippen LogP contribution in [0.1, 0.15) is 76.9 Å². The van der Waals surface area contributed by atoms with E-state index in [1.807, 2.05) is 13.8 Å². The third kappa shape index (κ3) is 5.09. The molecule has 0 spiro atoms. The standard InChI is InChI=1S/C32H30N2O6S2/c1-17-11-19(3)31(20(4)12-17)41(37,38)15-25-26(16-42(39,40)32-21(5)13-18(2)14-22(32)6)34-28-27(33-25)29(35)23-9-7-8-10-24(23)30(28)36/h7-14H,15-16H2,1-6H3. The second kappa shape index (κ2) is 10.4. The summed E-state index contributed by atoms with van der Waals surface area (Å²) in [5.74, 6) is -2.54. The molecule has 0 atom stereocenters. The van der Waals surface area contributed by atoms with Crippen LogP contribution in [0.3, 0.4) is 0 Å². The smallest absolute Gasteiger partial charge is 0.214 e. The van der Waals surface area contributed by atoms with Crippen LogP contribution in [0.15, 0.2) is 58.3 Å². The molecule has 8 nitrogen and oxygen atoms in total. The van der Waals surface area contributed by atoms with Gasteiger partial charge in [-0.1, -0.05) is 59.7 Å². The maximum atomic E-state index is 13.8. The van der Waals surface area contributed by atoms with Crippen LogP contribution in [0.4, 0.5) is 0 Å². The third-order valence-corrected chi connectivity index (χ3v) is 11.2. The summed E-state index contributed by atoms with van der Waals surface area (Å²) >= 11 is 0. The highest BCUT2D eigenvalue weighted by atomic mass is 32.2. The number of ketones is 2. The largest absolute Gasteiger partial charge is 0.287 e. The number of rotatable bonds is 6. The first-order valence-electron chi connectivity index (χ1n) is 13.3. The van der Waals surface area contributed by atoms with Gasteiger partial charge >= 0.3 is 0 Å². The highest BCUT2D eigenvalue weighted by Crippen LogP contribution is 2.31. The Morgan fingerprint density at radius 3 is 1.17 bits per heavy atom. The Kier molecular flexibility index (Phi) is 7.27. The number of aromatic nitrogens is 2. The van der Waals surface area contributed by atoms with E-state index in [4.69, 9.17) is 0 Å². The average molecular weight is 603 g/mol. The molecule has 0 aliphatic heterocycles. The molecule has 3 aromatic carbocycles. The molecular formula is C32H30N2O6S2. The van der Waals surface area contributed by atoms with Gasteiger partial charge in [0.1, 0.15) is 11.4 Å². The summed E-state index contributed by atoms with van der Waals surface area (Å²) in [4.78, 5) is 35.8. The molecule has 0 N–H and O–H groups in total. The van der Waals surface area contributed by atoms with Crippen LogP contribution >= 0.6 is 0 Å². The molecule has 42 heavy (non-hydrogen) atoms. The van der Waals surface area contributed by atoms with E-state index in [1.165, 1.54) is 12.1 Å². The number of carbonyl (C=O) groups is 2. The van der Waals surface area contributed by atoms with Crippen LogP contribution < -0.4 is 0 Å². The number of carbonyl (C=O) groups excluding carboxylic acids is 2.